The van der Waals surface area contributed by atoms with Gasteiger partial charge >= 0.3 is 10.9 Å². The summed E-state index contributed by atoms with van der Waals surface area (Å²) >= 11 is 1.04. The first-order valence-electron chi connectivity index (χ1n) is 3.80. The van der Waals surface area contributed by atoms with E-state index in [0.717, 1.165) is 17.0 Å². The molecule has 1 aromatic heterocycles. The van der Waals surface area contributed by atoms with Crippen LogP contribution in [0.1, 0.15) is 17.5 Å². The van der Waals surface area contributed by atoms with E-state index < -0.39 is 6.03 Å². The SMILES string of the molecule is CC(=NNC(N)=O)c1sc(=O)[nH]c1C. The summed E-state index contributed by atoms with van der Waals surface area (Å²) in [7, 11) is 0. The second-order valence-electron chi connectivity index (χ2n) is 2.64. The molecule has 0 saturated heterocycles. The zero-order valence-electron chi connectivity index (χ0n) is 7.75. The zero-order chi connectivity index (χ0) is 10.7. The van der Waals surface area contributed by atoms with E-state index in [1.165, 1.54) is 0 Å². The quantitative estimate of drug-likeness (QED) is 0.481. The summed E-state index contributed by atoms with van der Waals surface area (Å²) in [5, 5.41) is 3.71. The van der Waals surface area contributed by atoms with Gasteiger partial charge in [0, 0.05) is 5.69 Å². The van der Waals surface area contributed by atoms with Crippen LogP contribution in [0.15, 0.2) is 9.90 Å². The Morgan fingerprint density at radius 3 is 2.71 bits per heavy atom. The first-order valence-corrected chi connectivity index (χ1v) is 4.62. The third-order valence-electron chi connectivity index (χ3n) is 1.49. The smallest absolute Gasteiger partial charge is 0.332 e. The van der Waals surface area contributed by atoms with Gasteiger partial charge in [-0.1, -0.05) is 11.3 Å². The molecule has 1 aromatic rings. The number of aromatic nitrogens is 1. The van der Waals surface area contributed by atoms with E-state index in [1.807, 2.05) is 0 Å². The molecular weight excluding hydrogens is 204 g/mol. The van der Waals surface area contributed by atoms with Gasteiger partial charge in [0.25, 0.3) is 0 Å². The van der Waals surface area contributed by atoms with Crippen molar-refractivity contribution in [2.24, 2.45) is 10.8 Å². The van der Waals surface area contributed by atoms with Crippen molar-refractivity contribution < 1.29 is 4.79 Å². The number of H-pyrrole nitrogens is 1. The summed E-state index contributed by atoms with van der Waals surface area (Å²) in [6.45, 7) is 3.44. The average Bonchev–Trinajstić information content (AvgIpc) is 2.41. The summed E-state index contributed by atoms with van der Waals surface area (Å²) in [5.41, 5.74) is 8.21. The number of carbonyl (C=O) groups is 1. The van der Waals surface area contributed by atoms with E-state index in [4.69, 9.17) is 5.73 Å². The molecule has 14 heavy (non-hydrogen) atoms. The third-order valence-corrected chi connectivity index (χ3v) is 2.58. The lowest BCUT2D eigenvalue weighted by Crippen LogP contribution is -2.25. The number of aryl methyl sites for hydroxylation is 1. The highest BCUT2D eigenvalue weighted by Crippen LogP contribution is 2.08. The Labute approximate surface area is 83.8 Å². The predicted molar refractivity (Wildman–Crippen MR) is 54.6 cm³/mol. The Hall–Kier alpha value is -1.63. The number of urea groups is 1. The molecule has 0 aromatic carbocycles. The number of hydrazone groups is 1. The summed E-state index contributed by atoms with van der Waals surface area (Å²) in [6, 6.07) is -0.732. The number of primary amides is 1. The van der Waals surface area contributed by atoms with Crippen molar-refractivity contribution in [3.63, 3.8) is 0 Å². The van der Waals surface area contributed by atoms with Crippen LogP contribution in [-0.2, 0) is 0 Å². The average molecular weight is 214 g/mol. The predicted octanol–water partition coefficient (Wildman–Crippen LogP) is 0.137. The fourth-order valence-electron chi connectivity index (χ4n) is 0.940. The van der Waals surface area contributed by atoms with Crippen molar-refractivity contribution in [3.05, 3.63) is 20.2 Å². The van der Waals surface area contributed by atoms with Gasteiger partial charge in [-0.05, 0) is 13.8 Å². The lowest BCUT2D eigenvalue weighted by Gasteiger charge is -1.97. The standard InChI is InChI=1S/C7H10N4O2S/c1-3-5(14-7(13)9-3)4(2)10-11-6(8)12/h1-2H3,(H,9,13)(H3,8,11,12). The normalized spacial score (nSPS) is 11.4. The molecule has 7 heteroatoms. The minimum Gasteiger partial charge on any atom is -0.350 e. The van der Waals surface area contributed by atoms with Gasteiger partial charge < -0.3 is 10.7 Å². The second kappa shape index (κ2) is 4.05. The van der Waals surface area contributed by atoms with Crippen molar-refractivity contribution in [1.29, 1.82) is 0 Å². The summed E-state index contributed by atoms with van der Waals surface area (Å²) in [5.74, 6) is 0. The highest BCUT2D eigenvalue weighted by Gasteiger charge is 2.06. The first kappa shape index (κ1) is 10.5. The Balaban J connectivity index is 2.94. The topological polar surface area (TPSA) is 100 Å². The van der Waals surface area contributed by atoms with Crippen LogP contribution in [0.4, 0.5) is 4.79 Å². The summed E-state index contributed by atoms with van der Waals surface area (Å²) < 4.78 is 0. The maximum absolute atomic E-state index is 10.9. The Morgan fingerprint density at radius 2 is 2.29 bits per heavy atom. The fraction of sp³-hybridized carbons (Fsp3) is 0.286. The maximum atomic E-state index is 10.9. The number of aromatic amines is 1. The van der Waals surface area contributed by atoms with Crippen molar-refractivity contribution >= 4 is 23.1 Å². The minimum atomic E-state index is -0.732. The number of thiazole rings is 1. The summed E-state index contributed by atoms with van der Waals surface area (Å²) in [4.78, 5) is 24.5. The number of carbonyl (C=O) groups excluding carboxylic acids is 1. The van der Waals surface area contributed by atoms with Crippen LogP contribution in [0.5, 0.6) is 0 Å². The zero-order valence-corrected chi connectivity index (χ0v) is 8.57. The molecule has 1 heterocycles. The van der Waals surface area contributed by atoms with E-state index >= 15 is 0 Å². The van der Waals surface area contributed by atoms with Crippen LogP contribution in [0.25, 0.3) is 0 Å². The van der Waals surface area contributed by atoms with Gasteiger partial charge in [0.05, 0.1) is 10.6 Å². The van der Waals surface area contributed by atoms with Crippen LogP contribution in [0.2, 0.25) is 0 Å². The molecule has 0 atom stereocenters. The first-order chi connectivity index (χ1) is 6.50. The molecule has 4 N–H and O–H groups in total. The van der Waals surface area contributed by atoms with Gasteiger partial charge in [-0.25, -0.2) is 10.2 Å². The van der Waals surface area contributed by atoms with Crippen LogP contribution in [0, 0.1) is 6.92 Å². The Bertz CT molecular complexity index is 431. The molecule has 0 aliphatic heterocycles. The fourth-order valence-corrected chi connectivity index (χ4v) is 1.73. The molecule has 0 saturated carbocycles. The second-order valence-corrected chi connectivity index (χ2v) is 3.63. The highest BCUT2D eigenvalue weighted by atomic mass is 32.1. The Kier molecular flexibility index (Phi) is 3.03. The summed E-state index contributed by atoms with van der Waals surface area (Å²) in [6.07, 6.45) is 0. The van der Waals surface area contributed by atoms with Crippen molar-refractivity contribution in [2.75, 3.05) is 0 Å². The Morgan fingerprint density at radius 1 is 1.64 bits per heavy atom. The van der Waals surface area contributed by atoms with Crippen LogP contribution in [-0.4, -0.2) is 16.7 Å². The van der Waals surface area contributed by atoms with Gasteiger partial charge in [-0.2, -0.15) is 5.10 Å². The largest absolute Gasteiger partial charge is 0.350 e. The minimum absolute atomic E-state index is 0.147. The van der Waals surface area contributed by atoms with E-state index in [2.05, 4.69) is 15.5 Å². The number of rotatable bonds is 2. The molecule has 0 aliphatic rings. The molecule has 0 unspecified atom stereocenters. The van der Waals surface area contributed by atoms with E-state index in [0.29, 0.717) is 10.6 Å². The van der Waals surface area contributed by atoms with Crippen LogP contribution in [0.3, 0.4) is 0 Å². The lowest BCUT2D eigenvalue weighted by molar-refractivity contribution is 0.249. The van der Waals surface area contributed by atoms with Gasteiger partial charge in [0.2, 0.25) is 0 Å². The molecule has 0 radical (unpaired) electrons. The molecule has 0 bridgehead atoms. The third kappa shape index (κ3) is 2.43. The number of nitrogens with zero attached hydrogens (tertiary/aromatic N) is 1. The van der Waals surface area contributed by atoms with Crippen LogP contribution < -0.4 is 16.0 Å². The van der Waals surface area contributed by atoms with Crippen molar-refractivity contribution in [2.45, 2.75) is 13.8 Å². The van der Waals surface area contributed by atoms with E-state index in [-0.39, 0.29) is 4.87 Å². The van der Waals surface area contributed by atoms with Gasteiger partial charge in [-0.3, -0.25) is 4.79 Å². The number of nitrogens with two attached hydrogens (primary N) is 1. The molecule has 0 fully saturated rings. The van der Waals surface area contributed by atoms with Gasteiger partial charge in [0.15, 0.2) is 0 Å². The highest BCUT2D eigenvalue weighted by molar-refractivity contribution is 7.11. The van der Waals surface area contributed by atoms with Crippen molar-refractivity contribution in [1.82, 2.24) is 10.4 Å². The van der Waals surface area contributed by atoms with Crippen molar-refractivity contribution in [3.8, 4) is 0 Å². The lowest BCUT2D eigenvalue weighted by atomic mass is 10.3. The molecule has 2 amide bonds. The van der Waals surface area contributed by atoms with Crippen LogP contribution >= 0.6 is 11.3 Å². The molecule has 1 rings (SSSR count). The molecule has 76 valence electrons. The molecular formula is C7H10N4O2S. The molecule has 0 aliphatic carbocycles. The maximum Gasteiger partial charge on any atom is 0.332 e. The molecule has 0 spiro atoms. The monoisotopic (exact) mass is 214 g/mol. The number of hydrogen-bond donors (Lipinski definition) is 3. The van der Waals surface area contributed by atoms with E-state index in [1.54, 1.807) is 13.8 Å². The van der Waals surface area contributed by atoms with Gasteiger partial charge in [0.1, 0.15) is 0 Å². The number of nitrogens with one attached hydrogen (secondary N) is 2. The number of amides is 2. The van der Waals surface area contributed by atoms with Gasteiger partial charge in [-0.15, -0.1) is 0 Å². The number of hydrogen-bond acceptors (Lipinski definition) is 4. The van der Waals surface area contributed by atoms with E-state index in [9.17, 15) is 9.59 Å². The molecule has 6 nitrogen and oxygen atoms in total.